The SMILES string of the molecule is C=CC(=O)OCC(COCC(C)OCC(COC(=O)C=C)OC(=O)NCCCC)OC(=O)NCCC. The average molecular weight is 517 g/mol. The minimum Gasteiger partial charge on any atom is -0.458 e. The maximum Gasteiger partial charge on any atom is 0.407 e. The van der Waals surface area contributed by atoms with Gasteiger partial charge in [0.1, 0.15) is 13.2 Å². The number of nitrogens with one attached hydrogen (secondary N) is 2. The molecule has 3 atom stereocenters. The van der Waals surface area contributed by atoms with Gasteiger partial charge in [0.05, 0.1) is 25.9 Å². The summed E-state index contributed by atoms with van der Waals surface area (Å²) in [5.41, 5.74) is 0. The molecule has 36 heavy (non-hydrogen) atoms. The van der Waals surface area contributed by atoms with E-state index in [9.17, 15) is 19.2 Å². The van der Waals surface area contributed by atoms with Crippen molar-refractivity contribution in [2.24, 2.45) is 0 Å². The van der Waals surface area contributed by atoms with Gasteiger partial charge in [-0.2, -0.15) is 0 Å². The van der Waals surface area contributed by atoms with E-state index in [0.29, 0.717) is 13.1 Å². The lowest BCUT2D eigenvalue weighted by molar-refractivity contribution is -0.144. The van der Waals surface area contributed by atoms with Gasteiger partial charge in [-0.05, 0) is 19.8 Å². The molecule has 0 aliphatic carbocycles. The van der Waals surface area contributed by atoms with E-state index in [-0.39, 0.29) is 33.0 Å². The first kappa shape index (κ1) is 32.9. The number of alkyl carbamates (subject to hydrolysis) is 2. The number of ether oxygens (including phenoxy) is 6. The van der Waals surface area contributed by atoms with Crippen LogP contribution in [0.2, 0.25) is 0 Å². The Bertz CT molecular complexity index is 686. The number of unbranched alkanes of at least 4 members (excludes halogenated alkanes) is 1. The van der Waals surface area contributed by atoms with Crippen LogP contribution in [0.25, 0.3) is 0 Å². The van der Waals surface area contributed by atoms with E-state index in [1.165, 1.54) is 0 Å². The van der Waals surface area contributed by atoms with E-state index < -0.39 is 42.4 Å². The fraction of sp³-hybridized carbons (Fsp3) is 0.667. The molecule has 0 aliphatic heterocycles. The van der Waals surface area contributed by atoms with Crippen molar-refractivity contribution in [3.8, 4) is 0 Å². The van der Waals surface area contributed by atoms with Gasteiger partial charge in [-0.3, -0.25) is 0 Å². The highest BCUT2D eigenvalue weighted by Gasteiger charge is 2.20. The molecule has 0 aliphatic rings. The van der Waals surface area contributed by atoms with E-state index in [4.69, 9.17) is 28.4 Å². The van der Waals surface area contributed by atoms with Crippen molar-refractivity contribution < 1.29 is 47.6 Å². The van der Waals surface area contributed by atoms with Crippen molar-refractivity contribution >= 4 is 24.1 Å². The van der Waals surface area contributed by atoms with Crippen LogP contribution < -0.4 is 10.6 Å². The number of hydrogen-bond donors (Lipinski definition) is 2. The van der Waals surface area contributed by atoms with Crippen LogP contribution in [-0.4, -0.2) is 88.6 Å². The summed E-state index contributed by atoms with van der Waals surface area (Å²) in [6.07, 6.45) is 0.980. The molecule has 0 radical (unpaired) electrons. The molecule has 0 aromatic rings. The first-order valence-electron chi connectivity index (χ1n) is 11.9. The molecular formula is C24H40N2O10. The summed E-state index contributed by atoms with van der Waals surface area (Å²) in [6, 6.07) is 0. The van der Waals surface area contributed by atoms with Crippen molar-refractivity contribution in [2.45, 2.75) is 58.3 Å². The Morgan fingerprint density at radius 2 is 1.28 bits per heavy atom. The topological polar surface area (TPSA) is 148 Å². The molecular weight excluding hydrogens is 476 g/mol. The van der Waals surface area contributed by atoms with Gasteiger partial charge in [-0.25, -0.2) is 19.2 Å². The Kier molecular flexibility index (Phi) is 19.4. The first-order chi connectivity index (χ1) is 17.2. The Hall–Kier alpha value is -3.12. The Morgan fingerprint density at radius 1 is 0.750 bits per heavy atom. The van der Waals surface area contributed by atoms with E-state index in [2.05, 4.69) is 23.8 Å². The molecule has 12 nitrogen and oxygen atoms in total. The Balaban J connectivity index is 4.67. The number of carbonyl (C=O) groups excluding carboxylic acids is 4. The van der Waals surface area contributed by atoms with E-state index in [1.807, 2.05) is 13.8 Å². The van der Waals surface area contributed by atoms with E-state index in [0.717, 1.165) is 31.4 Å². The Morgan fingerprint density at radius 3 is 1.78 bits per heavy atom. The summed E-state index contributed by atoms with van der Waals surface area (Å²) in [5, 5.41) is 5.17. The average Bonchev–Trinajstić information content (AvgIpc) is 2.86. The summed E-state index contributed by atoms with van der Waals surface area (Å²) in [5.74, 6) is -1.31. The summed E-state index contributed by atoms with van der Waals surface area (Å²) in [4.78, 5) is 46.5. The van der Waals surface area contributed by atoms with Gasteiger partial charge >= 0.3 is 24.1 Å². The third kappa shape index (κ3) is 18.2. The summed E-state index contributed by atoms with van der Waals surface area (Å²) < 4.78 is 31.6. The van der Waals surface area contributed by atoms with Crippen LogP contribution in [0.1, 0.15) is 40.0 Å². The molecule has 0 rings (SSSR count). The molecule has 2 N–H and O–H groups in total. The van der Waals surface area contributed by atoms with Crippen LogP contribution in [0.3, 0.4) is 0 Å². The summed E-state index contributed by atoms with van der Waals surface area (Å²) in [6.45, 7) is 12.7. The minimum atomic E-state index is -0.852. The zero-order valence-electron chi connectivity index (χ0n) is 21.5. The molecule has 0 heterocycles. The maximum absolute atomic E-state index is 12.0. The Labute approximate surface area is 212 Å². The number of amides is 2. The van der Waals surface area contributed by atoms with Crippen LogP contribution in [0.15, 0.2) is 25.3 Å². The lowest BCUT2D eigenvalue weighted by atomic mass is 10.3. The number of carbonyl (C=O) groups is 4. The van der Waals surface area contributed by atoms with Crippen molar-refractivity contribution in [3.05, 3.63) is 25.3 Å². The predicted molar refractivity (Wildman–Crippen MR) is 130 cm³/mol. The second-order valence-electron chi connectivity index (χ2n) is 7.61. The van der Waals surface area contributed by atoms with Crippen LogP contribution in [0.5, 0.6) is 0 Å². The van der Waals surface area contributed by atoms with Gasteiger partial charge in [0.25, 0.3) is 0 Å². The molecule has 0 spiro atoms. The van der Waals surface area contributed by atoms with Crippen molar-refractivity contribution in [2.75, 3.05) is 46.1 Å². The predicted octanol–water partition coefficient (Wildman–Crippen LogP) is 2.27. The van der Waals surface area contributed by atoms with E-state index in [1.54, 1.807) is 6.92 Å². The minimum absolute atomic E-state index is 0.0611. The molecule has 0 saturated carbocycles. The molecule has 206 valence electrons. The third-order valence-electron chi connectivity index (χ3n) is 4.25. The molecule has 2 amide bonds. The van der Waals surface area contributed by atoms with Gasteiger partial charge in [0.2, 0.25) is 0 Å². The summed E-state index contributed by atoms with van der Waals surface area (Å²) in [7, 11) is 0. The third-order valence-corrected chi connectivity index (χ3v) is 4.25. The normalized spacial score (nSPS) is 12.9. The van der Waals surface area contributed by atoms with Gasteiger partial charge in [-0.1, -0.05) is 33.4 Å². The lowest BCUT2D eigenvalue weighted by Crippen LogP contribution is -2.37. The fourth-order valence-electron chi connectivity index (χ4n) is 2.37. The smallest absolute Gasteiger partial charge is 0.407 e. The molecule has 0 aromatic carbocycles. The van der Waals surface area contributed by atoms with Crippen LogP contribution in [0, 0.1) is 0 Å². The molecule has 0 aromatic heterocycles. The molecule has 0 saturated heterocycles. The van der Waals surface area contributed by atoms with Crippen LogP contribution in [-0.2, 0) is 38.0 Å². The monoisotopic (exact) mass is 516 g/mol. The largest absolute Gasteiger partial charge is 0.458 e. The van der Waals surface area contributed by atoms with Gasteiger partial charge < -0.3 is 39.1 Å². The maximum atomic E-state index is 12.0. The zero-order valence-corrected chi connectivity index (χ0v) is 21.5. The standard InChI is InChI=1S/C24H40N2O10/c1-6-10-12-26-24(30)36-20(17-34-22(28)9-4)15-32-18(5)13-31-14-19(16-33-21(27)8-3)35-23(29)25-11-7-2/h8-9,18-20H,3-4,6-7,10-17H2,1-2,5H3,(H,25,29)(H,26,30). The molecule has 12 heteroatoms. The fourth-order valence-corrected chi connectivity index (χ4v) is 2.37. The number of hydrogen-bond acceptors (Lipinski definition) is 10. The van der Waals surface area contributed by atoms with Crippen molar-refractivity contribution in [1.82, 2.24) is 10.6 Å². The lowest BCUT2D eigenvalue weighted by Gasteiger charge is -2.22. The number of rotatable bonds is 20. The molecule has 0 bridgehead atoms. The van der Waals surface area contributed by atoms with E-state index >= 15 is 0 Å². The van der Waals surface area contributed by atoms with Crippen LogP contribution >= 0.6 is 0 Å². The number of esters is 2. The van der Waals surface area contributed by atoms with Gasteiger partial charge in [0.15, 0.2) is 12.2 Å². The molecule has 0 fully saturated rings. The highest BCUT2D eigenvalue weighted by atomic mass is 16.6. The quantitative estimate of drug-likeness (QED) is 0.107. The van der Waals surface area contributed by atoms with Gasteiger partial charge in [-0.15, -0.1) is 0 Å². The summed E-state index contributed by atoms with van der Waals surface area (Å²) >= 11 is 0. The molecule has 3 unspecified atom stereocenters. The second-order valence-corrected chi connectivity index (χ2v) is 7.61. The first-order valence-corrected chi connectivity index (χ1v) is 11.9. The zero-order chi connectivity index (χ0) is 27.2. The van der Waals surface area contributed by atoms with Crippen LogP contribution in [0.4, 0.5) is 9.59 Å². The van der Waals surface area contributed by atoms with Crippen molar-refractivity contribution in [3.63, 3.8) is 0 Å². The highest BCUT2D eigenvalue weighted by Crippen LogP contribution is 2.03. The van der Waals surface area contributed by atoms with Crippen molar-refractivity contribution in [1.29, 1.82) is 0 Å². The highest BCUT2D eigenvalue weighted by molar-refractivity contribution is 5.81. The van der Waals surface area contributed by atoms with Gasteiger partial charge in [0, 0.05) is 25.2 Å². The second kappa shape index (κ2) is 21.2.